The van der Waals surface area contributed by atoms with Crippen molar-refractivity contribution in [1.82, 2.24) is 4.90 Å². The van der Waals surface area contributed by atoms with Crippen LogP contribution < -0.4 is 4.72 Å². The minimum atomic E-state index is -3.83. The maximum atomic E-state index is 12.5. The molecule has 0 heterocycles. The van der Waals surface area contributed by atoms with Crippen molar-refractivity contribution in [1.29, 1.82) is 0 Å². The van der Waals surface area contributed by atoms with Crippen LogP contribution in [0.5, 0.6) is 0 Å². The van der Waals surface area contributed by atoms with Crippen LogP contribution in [-0.4, -0.2) is 38.1 Å². The zero-order chi connectivity index (χ0) is 19.3. The van der Waals surface area contributed by atoms with Gasteiger partial charge >= 0.3 is 0 Å². The molecule has 1 amide bonds. The molecule has 0 spiro atoms. The van der Waals surface area contributed by atoms with Gasteiger partial charge in [0, 0.05) is 29.9 Å². The summed E-state index contributed by atoms with van der Waals surface area (Å²) in [6.45, 7) is 6.40. The van der Waals surface area contributed by atoms with Gasteiger partial charge in [0.1, 0.15) is 0 Å². The van der Waals surface area contributed by atoms with E-state index in [1.54, 1.807) is 35.2 Å². The number of Topliss-reactive ketones (excluding diaryl/α,β-unsaturated/α-hetero) is 1. The first-order valence-corrected chi connectivity index (χ1v) is 9.80. The van der Waals surface area contributed by atoms with Crippen molar-refractivity contribution in [3.63, 3.8) is 0 Å². The van der Waals surface area contributed by atoms with E-state index in [0.29, 0.717) is 29.9 Å². The summed E-state index contributed by atoms with van der Waals surface area (Å²) in [7, 11) is -3.83. The standard InChI is InChI=1S/C19H22N2O4S/c1-4-21(5-2)19(23)15-9-11-17(12-10-15)20-26(24,25)18-8-6-7-16(13-18)14(3)22/h6-13,20H,4-5H2,1-3H3. The van der Waals surface area contributed by atoms with Crippen molar-refractivity contribution in [2.45, 2.75) is 25.7 Å². The van der Waals surface area contributed by atoms with Crippen LogP contribution in [0.1, 0.15) is 41.5 Å². The molecule has 0 saturated heterocycles. The molecule has 1 N–H and O–H groups in total. The monoisotopic (exact) mass is 374 g/mol. The van der Waals surface area contributed by atoms with Gasteiger partial charge in [-0.2, -0.15) is 0 Å². The van der Waals surface area contributed by atoms with E-state index in [-0.39, 0.29) is 16.6 Å². The summed E-state index contributed by atoms with van der Waals surface area (Å²) in [6, 6.07) is 12.1. The molecule has 0 bridgehead atoms. The van der Waals surface area contributed by atoms with Crippen LogP contribution >= 0.6 is 0 Å². The van der Waals surface area contributed by atoms with Gasteiger partial charge in [0.25, 0.3) is 15.9 Å². The molecule has 0 aromatic heterocycles. The Morgan fingerprint density at radius 2 is 1.58 bits per heavy atom. The SMILES string of the molecule is CCN(CC)C(=O)c1ccc(NS(=O)(=O)c2cccc(C(C)=O)c2)cc1. The van der Waals surface area contributed by atoms with Gasteiger partial charge in [0.15, 0.2) is 5.78 Å². The lowest BCUT2D eigenvalue weighted by Gasteiger charge is -2.18. The first-order valence-electron chi connectivity index (χ1n) is 8.31. The number of carbonyl (C=O) groups excluding carboxylic acids is 2. The lowest BCUT2D eigenvalue weighted by atomic mass is 10.2. The Bertz CT molecular complexity index is 901. The highest BCUT2D eigenvalue weighted by molar-refractivity contribution is 7.92. The van der Waals surface area contributed by atoms with Crippen molar-refractivity contribution in [2.75, 3.05) is 17.8 Å². The second-order valence-corrected chi connectivity index (χ2v) is 7.43. The fourth-order valence-electron chi connectivity index (χ4n) is 2.47. The van der Waals surface area contributed by atoms with Crippen molar-refractivity contribution < 1.29 is 18.0 Å². The molecule has 0 fully saturated rings. The van der Waals surface area contributed by atoms with Gasteiger partial charge in [-0.15, -0.1) is 0 Å². The lowest BCUT2D eigenvalue weighted by Crippen LogP contribution is -2.30. The first-order chi connectivity index (χ1) is 12.3. The molecular weight excluding hydrogens is 352 g/mol. The zero-order valence-electron chi connectivity index (χ0n) is 15.0. The summed E-state index contributed by atoms with van der Waals surface area (Å²) in [5, 5.41) is 0. The highest BCUT2D eigenvalue weighted by Gasteiger charge is 2.17. The minimum absolute atomic E-state index is 0.00786. The molecule has 26 heavy (non-hydrogen) atoms. The van der Waals surface area contributed by atoms with Gasteiger partial charge < -0.3 is 4.90 Å². The average molecular weight is 374 g/mol. The van der Waals surface area contributed by atoms with E-state index < -0.39 is 10.0 Å². The van der Waals surface area contributed by atoms with Crippen molar-refractivity contribution in [3.8, 4) is 0 Å². The van der Waals surface area contributed by atoms with E-state index in [9.17, 15) is 18.0 Å². The van der Waals surface area contributed by atoms with Gasteiger partial charge in [-0.3, -0.25) is 14.3 Å². The molecule has 0 aliphatic carbocycles. The number of hydrogen-bond donors (Lipinski definition) is 1. The van der Waals surface area contributed by atoms with Gasteiger partial charge in [-0.25, -0.2) is 8.42 Å². The van der Waals surface area contributed by atoms with Gasteiger partial charge in [-0.05, 0) is 57.2 Å². The number of amides is 1. The van der Waals surface area contributed by atoms with Crippen molar-refractivity contribution in [2.24, 2.45) is 0 Å². The van der Waals surface area contributed by atoms with E-state index in [1.165, 1.54) is 25.1 Å². The molecule has 0 saturated carbocycles. The first kappa shape index (κ1) is 19.7. The summed E-state index contributed by atoms with van der Waals surface area (Å²) in [4.78, 5) is 25.4. The second kappa shape index (κ2) is 8.14. The molecule has 0 aliphatic heterocycles. The van der Waals surface area contributed by atoms with Crippen molar-refractivity contribution >= 4 is 27.4 Å². The van der Waals surface area contributed by atoms with Gasteiger partial charge in [0.2, 0.25) is 0 Å². The molecule has 2 rings (SSSR count). The number of ketones is 1. The van der Waals surface area contributed by atoms with E-state index >= 15 is 0 Å². The van der Waals surface area contributed by atoms with Crippen LogP contribution in [0.15, 0.2) is 53.4 Å². The number of sulfonamides is 1. The molecule has 0 unspecified atom stereocenters. The minimum Gasteiger partial charge on any atom is -0.339 e. The Labute approximate surface area is 153 Å². The third-order valence-corrected chi connectivity index (χ3v) is 5.36. The number of rotatable bonds is 7. The zero-order valence-corrected chi connectivity index (χ0v) is 15.8. The van der Waals surface area contributed by atoms with E-state index in [4.69, 9.17) is 0 Å². The highest BCUT2D eigenvalue weighted by Crippen LogP contribution is 2.18. The second-order valence-electron chi connectivity index (χ2n) is 5.74. The fourth-order valence-corrected chi connectivity index (χ4v) is 3.57. The predicted molar refractivity (Wildman–Crippen MR) is 101 cm³/mol. The third-order valence-electron chi connectivity index (χ3n) is 3.99. The molecule has 7 heteroatoms. The Morgan fingerprint density at radius 3 is 2.12 bits per heavy atom. The Kier molecular flexibility index (Phi) is 6.15. The van der Waals surface area contributed by atoms with Crippen LogP contribution in [0.4, 0.5) is 5.69 Å². The van der Waals surface area contributed by atoms with Crippen molar-refractivity contribution in [3.05, 3.63) is 59.7 Å². The van der Waals surface area contributed by atoms with Gasteiger partial charge in [0.05, 0.1) is 4.90 Å². The van der Waals surface area contributed by atoms with Gasteiger partial charge in [-0.1, -0.05) is 12.1 Å². The normalized spacial score (nSPS) is 11.0. The van der Waals surface area contributed by atoms with E-state index in [1.807, 2.05) is 13.8 Å². The van der Waals surface area contributed by atoms with E-state index in [2.05, 4.69) is 4.72 Å². The van der Waals surface area contributed by atoms with Crippen LogP contribution in [0, 0.1) is 0 Å². The number of benzene rings is 2. The average Bonchev–Trinajstić information content (AvgIpc) is 2.63. The molecular formula is C19H22N2O4S. The largest absolute Gasteiger partial charge is 0.339 e. The molecule has 2 aromatic carbocycles. The van der Waals surface area contributed by atoms with Crippen LogP contribution in [0.25, 0.3) is 0 Å². The number of nitrogens with one attached hydrogen (secondary N) is 1. The molecule has 138 valence electrons. The Morgan fingerprint density at radius 1 is 0.962 bits per heavy atom. The van der Waals surface area contributed by atoms with E-state index in [0.717, 1.165) is 0 Å². The Balaban J connectivity index is 2.21. The number of carbonyl (C=O) groups is 2. The molecule has 0 aliphatic rings. The Hall–Kier alpha value is -2.67. The summed E-state index contributed by atoms with van der Waals surface area (Å²) in [5.41, 5.74) is 1.16. The molecule has 2 aromatic rings. The summed E-state index contributed by atoms with van der Waals surface area (Å²) >= 11 is 0. The topological polar surface area (TPSA) is 83.6 Å². The quantitative estimate of drug-likeness (QED) is 0.755. The fraction of sp³-hybridized carbons (Fsp3) is 0.263. The molecule has 6 nitrogen and oxygen atoms in total. The summed E-state index contributed by atoms with van der Waals surface area (Å²) in [5.74, 6) is -0.306. The summed E-state index contributed by atoms with van der Waals surface area (Å²) < 4.78 is 27.5. The number of nitrogens with zero attached hydrogens (tertiary/aromatic N) is 1. The smallest absolute Gasteiger partial charge is 0.261 e. The number of anilines is 1. The molecule has 0 atom stereocenters. The number of hydrogen-bond acceptors (Lipinski definition) is 4. The molecule has 0 radical (unpaired) electrons. The van der Waals surface area contributed by atoms with Crippen LogP contribution in [-0.2, 0) is 10.0 Å². The summed E-state index contributed by atoms with van der Waals surface area (Å²) in [6.07, 6.45) is 0. The highest BCUT2D eigenvalue weighted by atomic mass is 32.2. The van der Waals surface area contributed by atoms with Crippen LogP contribution in [0.3, 0.4) is 0 Å². The lowest BCUT2D eigenvalue weighted by molar-refractivity contribution is 0.0772. The third kappa shape index (κ3) is 4.49. The maximum absolute atomic E-state index is 12.5. The predicted octanol–water partition coefficient (Wildman–Crippen LogP) is 3.17. The van der Waals surface area contributed by atoms with Crippen LogP contribution in [0.2, 0.25) is 0 Å². The maximum Gasteiger partial charge on any atom is 0.261 e.